The van der Waals surface area contributed by atoms with Crippen LogP contribution >= 0.6 is 23.7 Å². The molecule has 0 aliphatic rings. The van der Waals surface area contributed by atoms with Gasteiger partial charge in [-0.05, 0) is 32.9 Å². The van der Waals surface area contributed by atoms with Crippen molar-refractivity contribution in [2.75, 3.05) is 13.7 Å². The Morgan fingerprint density at radius 2 is 2.10 bits per heavy atom. The fraction of sp³-hybridized carbons (Fsp3) is 0.643. The minimum atomic E-state index is -0.196. The normalized spacial score (nSPS) is 12.1. The third-order valence-electron chi connectivity index (χ3n) is 3.06. The third kappa shape index (κ3) is 5.79. The topological polar surface area (TPSA) is 55.6 Å². The van der Waals surface area contributed by atoms with Crippen LogP contribution in [0.2, 0.25) is 0 Å². The van der Waals surface area contributed by atoms with E-state index in [4.69, 9.17) is 10.5 Å². The van der Waals surface area contributed by atoms with Crippen molar-refractivity contribution in [2.45, 2.75) is 45.9 Å². The van der Waals surface area contributed by atoms with E-state index in [1.807, 2.05) is 18.7 Å². The maximum Gasteiger partial charge on any atom is 0.225 e. The highest BCUT2D eigenvalue weighted by Gasteiger charge is 2.21. The van der Waals surface area contributed by atoms with Gasteiger partial charge in [0.05, 0.1) is 19.1 Å². The zero-order valence-electron chi connectivity index (χ0n) is 12.6. The molecule has 0 fully saturated rings. The average molecular weight is 321 g/mol. The number of carbonyl (C=O) groups is 1. The molecule has 0 radical (unpaired) electrons. The molecule has 0 spiro atoms. The Balaban J connectivity index is 0.00000361. The summed E-state index contributed by atoms with van der Waals surface area (Å²) >= 11 is 1.73. The summed E-state index contributed by atoms with van der Waals surface area (Å²) in [6.07, 6.45) is 0.147. The summed E-state index contributed by atoms with van der Waals surface area (Å²) in [6, 6.07) is 4.34. The monoisotopic (exact) mass is 320 g/mol. The Labute approximate surface area is 131 Å². The standard InChI is InChI=1S/C14H24N2O2S.ClH/c1-10(2)16(9-13-6-5-11(3)19-13)14(17)7-12(8-15)18-4;/h5-6,10,12H,7-9,15H2,1-4H3;1H. The van der Waals surface area contributed by atoms with E-state index in [1.165, 1.54) is 9.75 Å². The van der Waals surface area contributed by atoms with E-state index in [9.17, 15) is 4.79 Å². The van der Waals surface area contributed by atoms with Gasteiger partial charge >= 0.3 is 0 Å². The van der Waals surface area contributed by atoms with Crippen molar-refractivity contribution in [3.63, 3.8) is 0 Å². The number of nitrogens with zero attached hydrogens (tertiary/aromatic N) is 1. The van der Waals surface area contributed by atoms with E-state index in [0.717, 1.165) is 0 Å². The molecule has 20 heavy (non-hydrogen) atoms. The molecule has 1 unspecified atom stereocenters. The van der Waals surface area contributed by atoms with Crippen LogP contribution in [-0.2, 0) is 16.1 Å². The van der Waals surface area contributed by atoms with Gasteiger partial charge in [0.25, 0.3) is 0 Å². The summed E-state index contributed by atoms with van der Waals surface area (Å²) in [5.74, 6) is 0.0957. The fourth-order valence-corrected chi connectivity index (χ4v) is 2.76. The summed E-state index contributed by atoms with van der Waals surface area (Å²) in [5.41, 5.74) is 5.57. The number of rotatable bonds is 7. The van der Waals surface area contributed by atoms with Crippen LogP contribution in [0, 0.1) is 6.92 Å². The molecule has 116 valence electrons. The second-order valence-electron chi connectivity index (χ2n) is 4.93. The largest absolute Gasteiger partial charge is 0.380 e. The molecular formula is C14H25ClN2O2S. The second kappa shape index (κ2) is 9.34. The zero-order valence-corrected chi connectivity index (χ0v) is 14.2. The van der Waals surface area contributed by atoms with Crippen LogP contribution in [0.4, 0.5) is 0 Å². The van der Waals surface area contributed by atoms with Crippen LogP contribution in [0.1, 0.15) is 30.0 Å². The fourth-order valence-electron chi connectivity index (χ4n) is 1.87. The van der Waals surface area contributed by atoms with Crippen LogP contribution in [0.15, 0.2) is 12.1 Å². The van der Waals surface area contributed by atoms with E-state index < -0.39 is 0 Å². The molecule has 0 aromatic carbocycles. The first-order chi connectivity index (χ1) is 8.97. The number of methoxy groups -OCH3 is 1. The van der Waals surface area contributed by atoms with Gasteiger partial charge in [0.2, 0.25) is 5.91 Å². The molecule has 0 aliphatic carbocycles. The zero-order chi connectivity index (χ0) is 14.4. The van der Waals surface area contributed by atoms with Gasteiger partial charge in [0.1, 0.15) is 0 Å². The highest BCUT2D eigenvalue weighted by atomic mass is 35.5. The average Bonchev–Trinajstić information content (AvgIpc) is 2.78. The summed E-state index contributed by atoms with van der Waals surface area (Å²) in [7, 11) is 1.59. The first kappa shape index (κ1) is 19.4. The number of aryl methyl sites for hydroxylation is 1. The number of hydrogen-bond acceptors (Lipinski definition) is 4. The Morgan fingerprint density at radius 1 is 1.45 bits per heavy atom. The minimum Gasteiger partial charge on any atom is -0.380 e. The molecular weight excluding hydrogens is 296 g/mol. The Hall–Kier alpha value is -0.620. The van der Waals surface area contributed by atoms with Crippen molar-refractivity contribution in [1.29, 1.82) is 0 Å². The van der Waals surface area contributed by atoms with Gasteiger partial charge in [0.15, 0.2) is 0 Å². The predicted molar refractivity (Wildman–Crippen MR) is 86.5 cm³/mol. The molecule has 2 N–H and O–H groups in total. The maximum absolute atomic E-state index is 12.3. The molecule has 0 saturated heterocycles. The quantitative estimate of drug-likeness (QED) is 0.840. The Bertz CT molecular complexity index is 406. The van der Waals surface area contributed by atoms with Gasteiger partial charge in [-0.25, -0.2) is 0 Å². The molecule has 6 heteroatoms. The molecule has 0 saturated carbocycles. The van der Waals surface area contributed by atoms with Gasteiger partial charge in [0, 0.05) is 29.5 Å². The van der Waals surface area contributed by atoms with Crippen LogP contribution < -0.4 is 5.73 Å². The van der Waals surface area contributed by atoms with Gasteiger partial charge in [-0.1, -0.05) is 0 Å². The lowest BCUT2D eigenvalue weighted by Crippen LogP contribution is -2.39. The molecule has 1 amide bonds. The van der Waals surface area contributed by atoms with Gasteiger partial charge in [-0.15, -0.1) is 23.7 Å². The lowest BCUT2D eigenvalue weighted by molar-refractivity contribution is -0.136. The number of amides is 1. The molecule has 1 aromatic heterocycles. The number of thiophene rings is 1. The van der Waals surface area contributed by atoms with E-state index >= 15 is 0 Å². The van der Waals surface area contributed by atoms with Gasteiger partial charge in [-0.2, -0.15) is 0 Å². The number of ether oxygens (including phenoxy) is 1. The Morgan fingerprint density at radius 3 is 2.50 bits per heavy atom. The predicted octanol–water partition coefficient (Wildman–Crippen LogP) is 2.58. The van der Waals surface area contributed by atoms with E-state index in [1.54, 1.807) is 18.4 Å². The highest BCUT2D eigenvalue weighted by molar-refractivity contribution is 7.11. The van der Waals surface area contributed by atoms with Gasteiger partial charge < -0.3 is 15.4 Å². The molecule has 1 heterocycles. The smallest absolute Gasteiger partial charge is 0.225 e. The van der Waals surface area contributed by atoms with Crippen molar-refractivity contribution < 1.29 is 9.53 Å². The summed E-state index contributed by atoms with van der Waals surface area (Å²) in [5, 5.41) is 0. The third-order valence-corrected chi connectivity index (χ3v) is 4.05. The summed E-state index contributed by atoms with van der Waals surface area (Å²) in [4.78, 5) is 16.7. The molecule has 1 aromatic rings. The lowest BCUT2D eigenvalue weighted by atomic mass is 10.2. The summed E-state index contributed by atoms with van der Waals surface area (Å²) in [6.45, 7) is 7.17. The van der Waals surface area contributed by atoms with Crippen molar-refractivity contribution in [3.8, 4) is 0 Å². The van der Waals surface area contributed by atoms with Gasteiger partial charge in [-0.3, -0.25) is 4.79 Å². The van der Waals surface area contributed by atoms with Crippen molar-refractivity contribution in [3.05, 3.63) is 21.9 Å². The van der Waals surface area contributed by atoms with E-state index in [2.05, 4.69) is 19.1 Å². The number of hydrogen-bond donors (Lipinski definition) is 1. The van der Waals surface area contributed by atoms with Crippen molar-refractivity contribution >= 4 is 29.7 Å². The minimum absolute atomic E-state index is 0. The van der Waals surface area contributed by atoms with E-state index in [-0.39, 0.29) is 30.5 Å². The Kier molecular flexibility index (Phi) is 9.05. The lowest BCUT2D eigenvalue weighted by Gasteiger charge is -2.27. The molecule has 4 nitrogen and oxygen atoms in total. The molecule has 0 bridgehead atoms. The van der Waals surface area contributed by atoms with E-state index in [0.29, 0.717) is 19.5 Å². The number of halogens is 1. The summed E-state index contributed by atoms with van der Waals surface area (Å²) < 4.78 is 5.18. The molecule has 0 aliphatic heterocycles. The van der Waals surface area contributed by atoms with Crippen LogP contribution in [0.5, 0.6) is 0 Å². The maximum atomic E-state index is 12.3. The highest BCUT2D eigenvalue weighted by Crippen LogP contribution is 2.19. The first-order valence-electron chi connectivity index (χ1n) is 6.55. The van der Waals surface area contributed by atoms with Crippen LogP contribution in [0.25, 0.3) is 0 Å². The number of nitrogens with two attached hydrogens (primary N) is 1. The van der Waals surface area contributed by atoms with Crippen LogP contribution in [-0.4, -0.2) is 36.6 Å². The van der Waals surface area contributed by atoms with Crippen molar-refractivity contribution in [1.82, 2.24) is 4.90 Å². The molecule has 1 atom stereocenters. The first-order valence-corrected chi connectivity index (χ1v) is 7.37. The SMILES string of the molecule is COC(CN)CC(=O)N(Cc1ccc(C)s1)C(C)C.Cl. The second-order valence-corrected chi connectivity index (χ2v) is 6.30. The van der Waals surface area contributed by atoms with Crippen LogP contribution in [0.3, 0.4) is 0 Å². The number of carbonyl (C=O) groups excluding carboxylic acids is 1. The van der Waals surface area contributed by atoms with Crippen molar-refractivity contribution in [2.24, 2.45) is 5.73 Å². The molecule has 1 rings (SSSR count).